The third-order valence-electron chi connectivity index (χ3n) is 4.83. The number of hydrogen-bond donors (Lipinski definition) is 0. The zero-order valence-corrected chi connectivity index (χ0v) is 17.7. The Morgan fingerprint density at radius 2 is 1.66 bits per heavy atom. The van der Waals surface area contributed by atoms with Crippen LogP contribution in [0.5, 0.6) is 17.2 Å². The fraction of sp³-hybridized carbons (Fsp3) is 0.350. The first-order chi connectivity index (χ1) is 13.9. The molecular formula is C20H22ClNO6S. The number of carbonyl (C=O) groups excluding carboxylic acids is 1. The van der Waals surface area contributed by atoms with Gasteiger partial charge in [-0.2, -0.15) is 4.31 Å². The number of esters is 1. The van der Waals surface area contributed by atoms with Gasteiger partial charge in [0, 0.05) is 19.2 Å². The molecule has 7 nitrogen and oxygen atoms in total. The molecule has 0 aliphatic carbocycles. The molecular weight excluding hydrogens is 418 g/mol. The molecule has 0 atom stereocenters. The molecule has 1 aliphatic heterocycles. The Morgan fingerprint density at radius 3 is 2.28 bits per heavy atom. The molecule has 156 valence electrons. The number of benzene rings is 2. The first-order valence-corrected chi connectivity index (χ1v) is 10.9. The molecule has 0 spiro atoms. The van der Waals surface area contributed by atoms with Gasteiger partial charge in [0.15, 0.2) is 11.5 Å². The second kappa shape index (κ2) is 9.02. The Labute approximate surface area is 175 Å². The molecule has 2 aromatic rings. The lowest BCUT2D eigenvalue weighted by atomic mass is 9.98. The molecule has 1 fully saturated rings. The van der Waals surface area contributed by atoms with Crippen LogP contribution in [0.15, 0.2) is 47.4 Å². The second-order valence-electron chi connectivity index (χ2n) is 6.55. The van der Waals surface area contributed by atoms with E-state index in [2.05, 4.69) is 0 Å². The summed E-state index contributed by atoms with van der Waals surface area (Å²) in [6, 6.07) is 11.2. The number of rotatable bonds is 6. The van der Waals surface area contributed by atoms with Crippen LogP contribution in [0.2, 0.25) is 5.02 Å². The second-order valence-corrected chi connectivity index (χ2v) is 8.89. The largest absolute Gasteiger partial charge is 0.493 e. The average Bonchev–Trinajstić information content (AvgIpc) is 2.74. The topological polar surface area (TPSA) is 82.1 Å². The summed E-state index contributed by atoms with van der Waals surface area (Å²) in [6.45, 7) is 0.442. The monoisotopic (exact) mass is 439 g/mol. The van der Waals surface area contributed by atoms with Crippen LogP contribution in [-0.2, 0) is 14.8 Å². The van der Waals surface area contributed by atoms with Gasteiger partial charge < -0.3 is 14.2 Å². The van der Waals surface area contributed by atoms with Crippen molar-refractivity contribution in [2.45, 2.75) is 17.7 Å². The van der Waals surface area contributed by atoms with Crippen molar-refractivity contribution in [3.05, 3.63) is 47.5 Å². The van der Waals surface area contributed by atoms with Gasteiger partial charge in [0.25, 0.3) is 0 Å². The van der Waals surface area contributed by atoms with Gasteiger partial charge >= 0.3 is 5.97 Å². The van der Waals surface area contributed by atoms with E-state index in [0.717, 1.165) is 0 Å². The number of nitrogens with zero attached hydrogens (tertiary/aromatic N) is 1. The zero-order chi connectivity index (χ0) is 21.0. The van der Waals surface area contributed by atoms with Crippen LogP contribution < -0.4 is 14.2 Å². The van der Waals surface area contributed by atoms with Crippen LogP contribution >= 0.6 is 11.6 Å². The summed E-state index contributed by atoms with van der Waals surface area (Å²) in [5, 5.41) is 0.356. The Balaban J connectivity index is 1.66. The van der Waals surface area contributed by atoms with E-state index in [-0.39, 0.29) is 23.9 Å². The molecule has 0 unspecified atom stereocenters. The normalized spacial score (nSPS) is 15.7. The summed E-state index contributed by atoms with van der Waals surface area (Å²) in [5.74, 6) is 0.309. The number of carbonyl (C=O) groups is 1. The van der Waals surface area contributed by atoms with Crippen molar-refractivity contribution in [3.63, 3.8) is 0 Å². The van der Waals surface area contributed by atoms with Crippen molar-refractivity contribution in [3.8, 4) is 17.2 Å². The molecule has 2 aromatic carbocycles. The van der Waals surface area contributed by atoms with Gasteiger partial charge in [-0.05, 0) is 37.1 Å². The summed E-state index contributed by atoms with van der Waals surface area (Å²) in [5.41, 5.74) is 0. The number of methoxy groups -OCH3 is 2. The van der Waals surface area contributed by atoms with Crippen molar-refractivity contribution in [1.82, 2.24) is 4.31 Å². The van der Waals surface area contributed by atoms with Crippen LogP contribution in [0.25, 0.3) is 0 Å². The summed E-state index contributed by atoms with van der Waals surface area (Å²) < 4.78 is 43.0. The number of para-hydroxylation sites is 1. The standard InChI is InChI=1S/C20H22ClNO6S/c1-26-18-8-7-15(13-19(18)27-2)29(24,25)22-11-9-14(10-12-22)20(23)28-17-6-4-3-5-16(17)21/h3-8,13-14H,9-12H2,1-2H3. The molecule has 0 radical (unpaired) electrons. The van der Waals surface area contributed by atoms with E-state index in [1.54, 1.807) is 30.3 Å². The first-order valence-electron chi connectivity index (χ1n) is 9.05. The predicted molar refractivity (Wildman–Crippen MR) is 108 cm³/mol. The van der Waals surface area contributed by atoms with Gasteiger partial charge in [0.1, 0.15) is 5.75 Å². The predicted octanol–water partition coefficient (Wildman–Crippen LogP) is 3.36. The van der Waals surface area contributed by atoms with Gasteiger partial charge in [-0.1, -0.05) is 23.7 Å². The highest BCUT2D eigenvalue weighted by molar-refractivity contribution is 7.89. The fourth-order valence-corrected chi connectivity index (χ4v) is 4.84. The Kier molecular flexibility index (Phi) is 6.66. The van der Waals surface area contributed by atoms with Gasteiger partial charge in [0.05, 0.1) is 30.1 Å². The molecule has 3 rings (SSSR count). The van der Waals surface area contributed by atoms with Crippen LogP contribution in [0.3, 0.4) is 0 Å². The smallest absolute Gasteiger partial charge is 0.314 e. The lowest BCUT2D eigenvalue weighted by Gasteiger charge is -2.30. The lowest BCUT2D eigenvalue weighted by Crippen LogP contribution is -2.41. The third kappa shape index (κ3) is 4.66. The number of hydrogen-bond acceptors (Lipinski definition) is 6. The molecule has 1 heterocycles. The molecule has 1 aliphatic rings. The summed E-state index contributed by atoms with van der Waals surface area (Å²) in [6.07, 6.45) is 0.742. The quantitative estimate of drug-likeness (QED) is 0.507. The van der Waals surface area contributed by atoms with Crippen LogP contribution in [-0.4, -0.2) is 46.0 Å². The summed E-state index contributed by atoms with van der Waals surface area (Å²) in [7, 11) is -0.776. The molecule has 9 heteroatoms. The number of halogens is 1. The van der Waals surface area contributed by atoms with E-state index in [4.69, 9.17) is 25.8 Å². The molecule has 0 N–H and O–H groups in total. The minimum absolute atomic E-state index is 0.118. The van der Waals surface area contributed by atoms with E-state index in [0.29, 0.717) is 35.1 Å². The molecule has 0 aromatic heterocycles. The Morgan fingerprint density at radius 1 is 1.00 bits per heavy atom. The van der Waals surface area contributed by atoms with E-state index < -0.39 is 16.0 Å². The number of ether oxygens (including phenoxy) is 3. The molecule has 0 saturated carbocycles. The van der Waals surface area contributed by atoms with Crippen molar-refractivity contribution in [2.24, 2.45) is 5.92 Å². The number of sulfonamides is 1. The van der Waals surface area contributed by atoms with E-state index >= 15 is 0 Å². The minimum Gasteiger partial charge on any atom is -0.493 e. The third-order valence-corrected chi connectivity index (χ3v) is 7.03. The average molecular weight is 440 g/mol. The maximum atomic E-state index is 13.0. The fourth-order valence-electron chi connectivity index (χ4n) is 3.18. The van der Waals surface area contributed by atoms with Crippen molar-refractivity contribution in [1.29, 1.82) is 0 Å². The van der Waals surface area contributed by atoms with Crippen molar-refractivity contribution < 1.29 is 27.4 Å². The summed E-state index contributed by atoms with van der Waals surface area (Å²) in [4.78, 5) is 12.5. The van der Waals surface area contributed by atoms with Crippen LogP contribution in [0.4, 0.5) is 0 Å². The lowest BCUT2D eigenvalue weighted by molar-refractivity contribution is -0.140. The Hall–Kier alpha value is -2.29. The highest BCUT2D eigenvalue weighted by atomic mass is 35.5. The van der Waals surface area contributed by atoms with Gasteiger partial charge in [0.2, 0.25) is 10.0 Å². The van der Waals surface area contributed by atoms with Crippen LogP contribution in [0, 0.1) is 5.92 Å². The molecule has 0 bridgehead atoms. The SMILES string of the molecule is COc1ccc(S(=O)(=O)N2CCC(C(=O)Oc3ccccc3Cl)CC2)cc1OC. The zero-order valence-electron chi connectivity index (χ0n) is 16.1. The maximum Gasteiger partial charge on any atom is 0.314 e. The first kappa shape index (κ1) is 21.4. The van der Waals surface area contributed by atoms with Gasteiger partial charge in [-0.15, -0.1) is 0 Å². The maximum absolute atomic E-state index is 13.0. The van der Waals surface area contributed by atoms with Gasteiger partial charge in [-0.3, -0.25) is 4.79 Å². The van der Waals surface area contributed by atoms with Crippen molar-refractivity contribution in [2.75, 3.05) is 27.3 Å². The van der Waals surface area contributed by atoms with Crippen molar-refractivity contribution >= 4 is 27.6 Å². The Bertz CT molecular complexity index is 986. The van der Waals surface area contributed by atoms with Gasteiger partial charge in [-0.25, -0.2) is 8.42 Å². The highest BCUT2D eigenvalue weighted by Crippen LogP contribution is 2.32. The number of piperidine rings is 1. The molecule has 29 heavy (non-hydrogen) atoms. The molecule has 1 saturated heterocycles. The highest BCUT2D eigenvalue weighted by Gasteiger charge is 2.33. The van der Waals surface area contributed by atoms with E-state index in [1.807, 2.05) is 0 Å². The molecule has 0 amide bonds. The minimum atomic E-state index is -3.71. The summed E-state index contributed by atoms with van der Waals surface area (Å²) >= 11 is 6.02. The van der Waals surface area contributed by atoms with E-state index in [1.165, 1.54) is 30.7 Å². The van der Waals surface area contributed by atoms with Crippen LogP contribution in [0.1, 0.15) is 12.8 Å². The van der Waals surface area contributed by atoms with E-state index in [9.17, 15) is 13.2 Å².